The highest BCUT2D eigenvalue weighted by molar-refractivity contribution is 6.30. The van der Waals surface area contributed by atoms with E-state index in [-0.39, 0.29) is 18.2 Å². The van der Waals surface area contributed by atoms with E-state index >= 15 is 0 Å². The number of likely N-dealkylation sites (tertiary alicyclic amines) is 1. The van der Waals surface area contributed by atoms with Crippen LogP contribution < -0.4 is 5.32 Å². The van der Waals surface area contributed by atoms with Gasteiger partial charge in [0.2, 0.25) is 11.8 Å². The van der Waals surface area contributed by atoms with Gasteiger partial charge in [-0.2, -0.15) is 5.26 Å². The first-order valence-corrected chi connectivity index (χ1v) is 8.62. The molecular weight excluding hydrogens is 326 g/mol. The smallest absolute Gasteiger partial charge is 0.236 e. The van der Waals surface area contributed by atoms with Crippen LogP contribution in [0.4, 0.5) is 0 Å². The van der Waals surface area contributed by atoms with Crippen molar-refractivity contribution in [2.75, 3.05) is 19.6 Å². The Balaban J connectivity index is 1.63. The van der Waals surface area contributed by atoms with Crippen molar-refractivity contribution in [3.63, 3.8) is 0 Å². The summed E-state index contributed by atoms with van der Waals surface area (Å²) < 4.78 is 0. The maximum atomic E-state index is 11.9. The average molecular weight is 348 g/mol. The Morgan fingerprint density at radius 1 is 1.25 bits per heavy atom. The third-order valence-corrected chi connectivity index (χ3v) is 4.59. The number of aryl methyl sites for hydroxylation is 1. The highest BCUT2D eigenvalue weighted by Gasteiger charge is 2.22. The van der Waals surface area contributed by atoms with E-state index < -0.39 is 0 Å². The number of benzene rings is 1. The number of piperidine rings is 1. The van der Waals surface area contributed by atoms with Gasteiger partial charge < -0.3 is 10.2 Å². The Labute approximate surface area is 147 Å². The molecule has 24 heavy (non-hydrogen) atoms. The second-order valence-electron chi connectivity index (χ2n) is 6.09. The lowest BCUT2D eigenvalue weighted by Crippen LogP contribution is -2.41. The summed E-state index contributed by atoms with van der Waals surface area (Å²) in [6.45, 7) is 2.00. The van der Waals surface area contributed by atoms with E-state index in [1.165, 1.54) is 0 Å². The maximum Gasteiger partial charge on any atom is 0.236 e. The van der Waals surface area contributed by atoms with Crippen molar-refractivity contribution in [1.29, 1.82) is 5.26 Å². The molecule has 0 spiro atoms. The molecule has 5 nitrogen and oxygen atoms in total. The van der Waals surface area contributed by atoms with Crippen LogP contribution in [-0.2, 0) is 16.0 Å². The molecule has 1 aromatic rings. The lowest BCUT2D eigenvalue weighted by atomic mass is 9.96. The molecule has 2 rings (SSSR count). The summed E-state index contributed by atoms with van der Waals surface area (Å²) in [7, 11) is 0. The van der Waals surface area contributed by atoms with Crippen LogP contribution in [0.25, 0.3) is 0 Å². The van der Waals surface area contributed by atoms with Crippen LogP contribution in [0.5, 0.6) is 0 Å². The summed E-state index contributed by atoms with van der Waals surface area (Å²) in [4.78, 5) is 25.3. The van der Waals surface area contributed by atoms with Gasteiger partial charge >= 0.3 is 0 Å². The number of carbonyl (C=O) groups is 2. The Morgan fingerprint density at radius 2 is 1.92 bits per heavy atom. The monoisotopic (exact) mass is 347 g/mol. The molecule has 128 valence electrons. The van der Waals surface area contributed by atoms with E-state index in [2.05, 4.69) is 5.32 Å². The molecule has 0 atom stereocenters. The number of nitrogens with one attached hydrogen (secondary N) is 1. The van der Waals surface area contributed by atoms with Crippen LogP contribution in [0.2, 0.25) is 5.02 Å². The molecule has 1 saturated heterocycles. The highest BCUT2D eigenvalue weighted by atomic mass is 35.5. The van der Waals surface area contributed by atoms with Crippen molar-refractivity contribution < 1.29 is 9.59 Å². The van der Waals surface area contributed by atoms with E-state index in [1.54, 1.807) is 4.90 Å². The van der Waals surface area contributed by atoms with Crippen molar-refractivity contribution in [2.24, 2.45) is 5.92 Å². The van der Waals surface area contributed by atoms with Gasteiger partial charge in [0, 0.05) is 31.1 Å². The predicted molar refractivity (Wildman–Crippen MR) is 92.3 cm³/mol. The molecule has 1 aliphatic rings. The van der Waals surface area contributed by atoms with Crippen LogP contribution in [0.15, 0.2) is 24.3 Å². The van der Waals surface area contributed by atoms with Gasteiger partial charge in [-0.05, 0) is 42.9 Å². The fraction of sp³-hybridized carbons (Fsp3) is 0.500. The van der Waals surface area contributed by atoms with Crippen molar-refractivity contribution in [3.05, 3.63) is 34.9 Å². The molecule has 0 bridgehead atoms. The van der Waals surface area contributed by atoms with Crippen molar-refractivity contribution in [2.45, 2.75) is 32.1 Å². The quantitative estimate of drug-likeness (QED) is 0.859. The summed E-state index contributed by atoms with van der Waals surface area (Å²) in [5.74, 6) is 0.353. The third kappa shape index (κ3) is 5.86. The molecule has 0 radical (unpaired) electrons. The Bertz CT molecular complexity index is 602. The van der Waals surface area contributed by atoms with Gasteiger partial charge in [0.1, 0.15) is 6.42 Å². The molecule has 1 aromatic carbocycles. The number of hydrogen-bond donors (Lipinski definition) is 1. The van der Waals surface area contributed by atoms with Crippen LogP contribution >= 0.6 is 11.6 Å². The predicted octanol–water partition coefficient (Wildman–Crippen LogP) is 2.54. The van der Waals surface area contributed by atoms with Gasteiger partial charge in [-0.1, -0.05) is 23.7 Å². The second kappa shape index (κ2) is 9.29. The first kappa shape index (κ1) is 18.3. The van der Waals surface area contributed by atoms with Gasteiger partial charge in [0.15, 0.2) is 0 Å². The summed E-state index contributed by atoms with van der Waals surface area (Å²) in [5.41, 5.74) is 1.10. The molecule has 1 heterocycles. The third-order valence-electron chi connectivity index (χ3n) is 4.34. The van der Waals surface area contributed by atoms with E-state index in [9.17, 15) is 9.59 Å². The van der Waals surface area contributed by atoms with Gasteiger partial charge in [-0.3, -0.25) is 9.59 Å². The van der Waals surface area contributed by atoms with Crippen LogP contribution in [0.1, 0.15) is 31.2 Å². The average Bonchev–Trinajstić information content (AvgIpc) is 2.60. The van der Waals surface area contributed by atoms with Gasteiger partial charge in [0.25, 0.3) is 0 Å². The minimum Gasteiger partial charge on any atom is -0.356 e. The molecule has 6 heteroatoms. The zero-order chi connectivity index (χ0) is 17.4. The molecule has 2 amide bonds. The Morgan fingerprint density at radius 3 is 2.54 bits per heavy atom. The fourth-order valence-corrected chi connectivity index (χ4v) is 2.95. The minimum atomic E-state index is -0.0945. The fourth-order valence-electron chi connectivity index (χ4n) is 2.82. The number of halogens is 1. The van der Waals surface area contributed by atoms with Crippen molar-refractivity contribution in [3.8, 4) is 6.07 Å². The van der Waals surface area contributed by atoms with E-state index in [1.807, 2.05) is 30.3 Å². The molecule has 1 fully saturated rings. The van der Waals surface area contributed by atoms with Crippen molar-refractivity contribution >= 4 is 23.4 Å². The standard InChI is InChI=1S/C18H22ClN3O2/c19-16-4-1-14(2-5-16)3-6-17(23)21-13-15-8-11-22(12-9-15)18(24)7-10-20/h1-2,4-5,15H,3,6-9,11-13H2,(H,21,23). The minimum absolute atomic E-state index is 0.0490. The van der Waals surface area contributed by atoms with E-state index in [0.29, 0.717) is 43.4 Å². The normalized spacial score (nSPS) is 14.9. The summed E-state index contributed by atoms with van der Waals surface area (Å²) in [6.07, 6.45) is 2.85. The number of nitriles is 1. The largest absolute Gasteiger partial charge is 0.356 e. The SMILES string of the molecule is N#CCC(=O)N1CCC(CNC(=O)CCc2ccc(Cl)cc2)CC1. The first-order valence-electron chi connectivity index (χ1n) is 8.24. The van der Waals surface area contributed by atoms with Crippen LogP contribution in [-0.4, -0.2) is 36.3 Å². The van der Waals surface area contributed by atoms with Crippen LogP contribution in [0.3, 0.4) is 0 Å². The van der Waals surface area contributed by atoms with Gasteiger partial charge in [-0.25, -0.2) is 0 Å². The number of hydrogen-bond acceptors (Lipinski definition) is 3. The molecule has 0 saturated carbocycles. The number of nitrogens with zero attached hydrogens (tertiary/aromatic N) is 2. The maximum absolute atomic E-state index is 11.9. The first-order chi connectivity index (χ1) is 11.6. The zero-order valence-electron chi connectivity index (χ0n) is 13.6. The highest BCUT2D eigenvalue weighted by Crippen LogP contribution is 2.17. The van der Waals surface area contributed by atoms with Gasteiger partial charge in [-0.15, -0.1) is 0 Å². The topological polar surface area (TPSA) is 73.2 Å². The van der Waals surface area contributed by atoms with E-state index in [4.69, 9.17) is 16.9 Å². The molecule has 0 unspecified atom stereocenters. The number of carbonyl (C=O) groups excluding carboxylic acids is 2. The molecule has 1 aliphatic heterocycles. The van der Waals surface area contributed by atoms with Crippen LogP contribution in [0, 0.1) is 17.2 Å². The molecular formula is C18H22ClN3O2. The second-order valence-corrected chi connectivity index (χ2v) is 6.53. The summed E-state index contributed by atoms with van der Waals surface area (Å²) in [5, 5.41) is 12.2. The number of rotatable bonds is 6. The summed E-state index contributed by atoms with van der Waals surface area (Å²) >= 11 is 5.84. The lowest BCUT2D eigenvalue weighted by Gasteiger charge is -2.31. The van der Waals surface area contributed by atoms with Gasteiger partial charge in [0.05, 0.1) is 6.07 Å². The number of amides is 2. The molecule has 0 aromatic heterocycles. The van der Waals surface area contributed by atoms with E-state index in [0.717, 1.165) is 18.4 Å². The Kier molecular flexibility index (Phi) is 7.07. The lowest BCUT2D eigenvalue weighted by molar-refractivity contribution is -0.131. The van der Waals surface area contributed by atoms with Crippen molar-refractivity contribution in [1.82, 2.24) is 10.2 Å². The Hall–Kier alpha value is -2.06. The zero-order valence-corrected chi connectivity index (χ0v) is 14.4. The molecule has 0 aliphatic carbocycles. The summed E-state index contributed by atoms with van der Waals surface area (Å²) in [6, 6.07) is 9.42. The molecule has 1 N–H and O–H groups in total.